The number of aryl methyl sites for hydroxylation is 1. The zero-order valence-corrected chi connectivity index (χ0v) is 12.0. The second-order valence-corrected chi connectivity index (χ2v) is 6.05. The Bertz CT molecular complexity index is 663. The second-order valence-electron chi connectivity index (χ2n) is 4.28. The maximum absolute atomic E-state index is 12.0. The highest BCUT2D eigenvalue weighted by molar-refractivity contribution is 7.89. The number of hydrogen-bond donors (Lipinski definition) is 2. The zero-order valence-electron chi connectivity index (χ0n) is 11.2. The average Bonchev–Trinajstić information content (AvgIpc) is 2.84. The number of hydrogen-bond acceptors (Lipinski definition) is 5. The summed E-state index contributed by atoms with van der Waals surface area (Å²) in [5.74, 6) is 0. The summed E-state index contributed by atoms with van der Waals surface area (Å²) in [5, 5.41) is 4.03. The summed E-state index contributed by atoms with van der Waals surface area (Å²) in [4.78, 5) is 4.12. The van der Waals surface area contributed by atoms with Crippen molar-refractivity contribution >= 4 is 10.0 Å². The van der Waals surface area contributed by atoms with Crippen molar-refractivity contribution in [1.82, 2.24) is 19.5 Å². The summed E-state index contributed by atoms with van der Waals surface area (Å²) < 4.78 is 28.3. The van der Waals surface area contributed by atoms with Crippen LogP contribution in [-0.4, -0.2) is 29.7 Å². The van der Waals surface area contributed by atoms with Crippen molar-refractivity contribution in [2.45, 2.75) is 17.9 Å². The fourth-order valence-corrected chi connectivity index (χ4v) is 2.71. The van der Waals surface area contributed by atoms with Gasteiger partial charge in [0, 0.05) is 44.6 Å². The molecule has 20 heavy (non-hydrogen) atoms. The van der Waals surface area contributed by atoms with E-state index in [9.17, 15) is 8.42 Å². The van der Waals surface area contributed by atoms with E-state index in [0.717, 1.165) is 5.69 Å². The van der Waals surface area contributed by atoms with Crippen LogP contribution in [0, 0.1) is 0 Å². The monoisotopic (exact) mass is 295 g/mol. The van der Waals surface area contributed by atoms with Crippen LogP contribution in [0.5, 0.6) is 0 Å². The van der Waals surface area contributed by atoms with Crippen LogP contribution in [-0.2, 0) is 30.0 Å². The van der Waals surface area contributed by atoms with Crippen LogP contribution in [0.25, 0.3) is 0 Å². The Morgan fingerprint density at radius 1 is 1.35 bits per heavy atom. The molecule has 0 aliphatic carbocycles. The normalized spacial score (nSPS) is 11.7. The van der Waals surface area contributed by atoms with Crippen molar-refractivity contribution in [2.75, 3.05) is 6.54 Å². The summed E-state index contributed by atoms with van der Waals surface area (Å²) in [6.07, 6.45) is 3.57. The third-order valence-electron chi connectivity index (χ3n) is 2.91. The van der Waals surface area contributed by atoms with Crippen LogP contribution in [0.15, 0.2) is 35.5 Å². The van der Waals surface area contributed by atoms with E-state index in [-0.39, 0.29) is 11.4 Å². The number of nitrogens with two attached hydrogens (primary N) is 1. The summed E-state index contributed by atoms with van der Waals surface area (Å²) >= 11 is 0. The molecule has 0 saturated carbocycles. The first kappa shape index (κ1) is 14.6. The number of nitrogens with zero attached hydrogens (tertiary/aromatic N) is 3. The molecule has 0 unspecified atom stereocenters. The van der Waals surface area contributed by atoms with Crippen molar-refractivity contribution in [3.8, 4) is 0 Å². The Kier molecular flexibility index (Phi) is 4.48. The van der Waals surface area contributed by atoms with Crippen molar-refractivity contribution in [1.29, 1.82) is 0 Å². The maximum atomic E-state index is 12.0. The SMILES string of the molecule is Cn1nccc1CCNS(=O)(=O)c1ccc(CN)nc1. The molecule has 0 radical (unpaired) electrons. The third-order valence-corrected chi connectivity index (χ3v) is 4.36. The van der Waals surface area contributed by atoms with E-state index in [0.29, 0.717) is 18.7 Å². The minimum atomic E-state index is -3.53. The highest BCUT2D eigenvalue weighted by Gasteiger charge is 2.14. The quantitative estimate of drug-likeness (QED) is 0.768. The summed E-state index contributed by atoms with van der Waals surface area (Å²) in [7, 11) is -1.72. The summed E-state index contributed by atoms with van der Waals surface area (Å²) in [5.41, 5.74) is 7.04. The smallest absolute Gasteiger partial charge is 0.242 e. The van der Waals surface area contributed by atoms with Gasteiger partial charge in [-0.3, -0.25) is 9.67 Å². The van der Waals surface area contributed by atoms with Gasteiger partial charge in [-0.1, -0.05) is 0 Å². The Morgan fingerprint density at radius 2 is 2.15 bits per heavy atom. The molecule has 7 nitrogen and oxygen atoms in total. The number of rotatable bonds is 6. The van der Waals surface area contributed by atoms with Crippen molar-refractivity contribution < 1.29 is 8.42 Å². The van der Waals surface area contributed by atoms with E-state index >= 15 is 0 Å². The lowest BCUT2D eigenvalue weighted by Gasteiger charge is -2.07. The number of pyridine rings is 1. The molecule has 0 spiro atoms. The lowest BCUT2D eigenvalue weighted by atomic mass is 10.3. The van der Waals surface area contributed by atoms with E-state index in [1.165, 1.54) is 12.3 Å². The van der Waals surface area contributed by atoms with Crippen LogP contribution in [0.3, 0.4) is 0 Å². The topological polar surface area (TPSA) is 103 Å². The van der Waals surface area contributed by atoms with Gasteiger partial charge in [-0.05, 0) is 18.2 Å². The first-order valence-corrected chi connectivity index (χ1v) is 7.63. The van der Waals surface area contributed by atoms with E-state index in [1.807, 2.05) is 13.1 Å². The maximum Gasteiger partial charge on any atom is 0.242 e. The van der Waals surface area contributed by atoms with E-state index in [4.69, 9.17) is 5.73 Å². The molecule has 0 atom stereocenters. The van der Waals surface area contributed by atoms with Gasteiger partial charge in [0.15, 0.2) is 0 Å². The van der Waals surface area contributed by atoms with Gasteiger partial charge in [0.25, 0.3) is 0 Å². The fourth-order valence-electron chi connectivity index (χ4n) is 1.73. The Labute approximate surface area is 117 Å². The van der Waals surface area contributed by atoms with Gasteiger partial charge in [0.1, 0.15) is 4.90 Å². The molecule has 2 aromatic heterocycles. The molecule has 2 aromatic rings. The van der Waals surface area contributed by atoms with E-state index in [1.54, 1.807) is 16.9 Å². The largest absolute Gasteiger partial charge is 0.325 e. The molecule has 108 valence electrons. The summed E-state index contributed by atoms with van der Waals surface area (Å²) in [6, 6.07) is 4.96. The predicted octanol–water partition coefficient (Wildman–Crippen LogP) is -0.205. The number of sulfonamides is 1. The molecular weight excluding hydrogens is 278 g/mol. The molecule has 0 bridgehead atoms. The Hall–Kier alpha value is -1.77. The average molecular weight is 295 g/mol. The van der Waals surface area contributed by atoms with Crippen molar-refractivity contribution in [2.24, 2.45) is 12.8 Å². The first-order valence-electron chi connectivity index (χ1n) is 6.14. The van der Waals surface area contributed by atoms with Crippen LogP contribution in [0.1, 0.15) is 11.4 Å². The molecule has 3 N–H and O–H groups in total. The predicted molar refractivity (Wildman–Crippen MR) is 74.2 cm³/mol. The molecule has 0 fully saturated rings. The Morgan fingerprint density at radius 3 is 2.70 bits per heavy atom. The summed E-state index contributed by atoms with van der Waals surface area (Å²) in [6.45, 7) is 0.592. The van der Waals surface area contributed by atoms with E-state index in [2.05, 4.69) is 14.8 Å². The zero-order chi connectivity index (χ0) is 14.6. The minimum Gasteiger partial charge on any atom is -0.325 e. The van der Waals surface area contributed by atoms with Gasteiger partial charge in [0.2, 0.25) is 10.0 Å². The number of aromatic nitrogens is 3. The van der Waals surface area contributed by atoms with Crippen LogP contribution >= 0.6 is 0 Å². The standard InChI is InChI=1S/C12H17N5O2S/c1-17-11(4-6-15-17)5-7-16-20(18,19)12-3-2-10(8-13)14-9-12/h2-4,6,9,16H,5,7-8,13H2,1H3. The minimum absolute atomic E-state index is 0.139. The highest BCUT2D eigenvalue weighted by Crippen LogP contribution is 2.07. The lowest BCUT2D eigenvalue weighted by Crippen LogP contribution is -2.26. The molecule has 0 amide bonds. The van der Waals surface area contributed by atoms with Crippen LogP contribution in [0.2, 0.25) is 0 Å². The van der Waals surface area contributed by atoms with Crippen molar-refractivity contribution in [3.05, 3.63) is 42.0 Å². The highest BCUT2D eigenvalue weighted by atomic mass is 32.2. The third kappa shape index (κ3) is 3.41. The molecule has 0 aliphatic heterocycles. The Balaban J connectivity index is 1.98. The van der Waals surface area contributed by atoms with Gasteiger partial charge in [-0.2, -0.15) is 5.10 Å². The molecule has 0 aromatic carbocycles. The van der Waals surface area contributed by atoms with Gasteiger partial charge in [0.05, 0.1) is 5.69 Å². The first-order chi connectivity index (χ1) is 9.53. The number of nitrogens with one attached hydrogen (secondary N) is 1. The van der Waals surface area contributed by atoms with Crippen LogP contribution in [0.4, 0.5) is 0 Å². The van der Waals surface area contributed by atoms with Crippen LogP contribution < -0.4 is 10.5 Å². The molecular formula is C12H17N5O2S. The van der Waals surface area contributed by atoms with Gasteiger partial charge in [-0.25, -0.2) is 13.1 Å². The van der Waals surface area contributed by atoms with Crippen molar-refractivity contribution in [3.63, 3.8) is 0 Å². The molecule has 0 aliphatic rings. The van der Waals surface area contributed by atoms with Gasteiger partial charge in [-0.15, -0.1) is 0 Å². The second kappa shape index (κ2) is 6.12. The van der Waals surface area contributed by atoms with Gasteiger partial charge < -0.3 is 5.73 Å². The molecule has 8 heteroatoms. The lowest BCUT2D eigenvalue weighted by molar-refractivity contribution is 0.579. The van der Waals surface area contributed by atoms with Gasteiger partial charge >= 0.3 is 0 Å². The fraction of sp³-hybridized carbons (Fsp3) is 0.333. The van der Waals surface area contributed by atoms with E-state index < -0.39 is 10.0 Å². The molecule has 2 rings (SSSR count). The molecule has 0 saturated heterocycles. The molecule has 2 heterocycles.